The maximum absolute atomic E-state index is 14.4. The monoisotopic (exact) mass is 422 g/mol. The van der Waals surface area contributed by atoms with E-state index in [1.807, 2.05) is 6.92 Å². The molecule has 146 valence electrons. The molecule has 2 rings (SSSR count). The first-order chi connectivity index (χ1) is 12.4. The molecule has 0 radical (unpaired) electrons. The second-order valence-corrected chi connectivity index (χ2v) is 7.38. The highest BCUT2D eigenvalue weighted by molar-refractivity contribution is 7.99. The number of aromatic nitrogens is 2. The molecular formula is C17H15ClF4N2O2S. The summed E-state index contributed by atoms with van der Waals surface area (Å²) >= 11 is 7.25. The molecule has 0 N–H and O–H groups in total. The van der Waals surface area contributed by atoms with Gasteiger partial charge in [-0.3, -0.25) is 9.36 Å². The summed E-state index contributed by atoms with van der Waals surface area (Å²) in [6.45, 7) is 5.60. The first kappa shape index (κ1) is 21.3. The lowest BCUT2D eigenvalue weighted by molar-refractivity contribution is -0.144. The number of rotatable bonds is 5. The van der Waals surface area contributed by atoms with E-state index in [4.69, 9.17) is 11.6 Å². The fourth-order valence-electron chi connectivity index (χ4n) is 2.25. The average molecular weight is 423 g/mol. The lowest BCUT2D eigenvalue weighted by Gasteiger charge is -2.15. The summed E-state index contributed by atoms with van der Waals surface area (Å²) in [5.74, 6) is -0.428. The number of thioether (sulfide) groups is 1. The lowest BCUT2D eigenvalue weighted by Crippen LogP contribution is -2.41. The summed E-state index contributed by atoms with van der Waals surface area (Å²) in [7, 11) is 0.859. The normalized spacial score (nSPS) is 11.7. The van der Waals surface area contributed by atoms with Crippen LogP contribution in [0.15, 0.2) is 44.8 Å². The van der Waals surface area contributed by atoms with Gasteiger partial charge in [-0.25, -0.2) is 13.8 Å². The van der Waals surface area contributed by atoms with Crippen molar-refractivity contribution in [3.8, 4) is 5.69 Å². The number of allylic oxidation sites excluding steroid dienone is 1. The lowest BCUT2D eigenvalue weighted by atomic mass is 10.3. The third-order valence-corrected chi connectivity index (χ3v) is 5.12. The Labute approximate surface area is 161 Å². The molecule has 0 unspecified atom stereocenters. The molecule has 2 aromatic rings. The van der Waals surface area contributed by atoms with Crippen molar-refractivity contribution in [1.82, 2.24) is 9.13 Å². The van der Waals surface area contributed by atoms with Gasteiger partial charge in [0.05, 0.1) is 10.7 Å². The molecule has 0 amide bonds. The number of hydrogen-bond acceptors (Lipinski definition) is 3. The third-order valence-electron chi connectivity index (χ3n) is 3.64. The molecule has 0 aliphatic heterocycles. The minimum absolute atomic E-state index is 0.0692. The molecule has 0 spiro atoms. The van der Waals surface area contributed by atoms with Gasteiger partial charge in [0.2, 0.25) is 0 Å². The van der Waals surface area contributed by atoms with Crippen LogP contribution in [0.1, 0.15) is 19.0 Å². The van der Waals surface area contributed by atoms with E-state index in [9.17, 15) is 27.2 Å². The Balaban J connectivity index is 2.62. The van der Waals surface area contributed by atoms with Crippen LogP contribution in [0.3, 0.4) is 0 Å². The molecule has 0 aliphatic carbocycles. The Kier molecular flexibility index (Phi) is 6.26. The van der Waals surface area contributed by atoms with Gasteiger partial charge in [-0.2, -0.15) is 13.2 Å². The van der Waals surface area contributed by atoms with Gasteiger partial charge in [0.25, 0.3) is 5.56 Å². The number of nitrogens with zero attached hydrogens (tertiary/aromatic N) is 2. The Hall–Kier alpha value is -2.00. The highest BCUT2D eigenvalue weighted by Crippen LogP contribution is 2.32. The second kappa shape index (κ2) is 7.93. The van der Waals surface area contributed by atoms with Crippen molar-refractivity contribution in [1.29, 1.82) is 0 Å². The van der Waals surface area contributed by atoms with Crippen molar-refractivity contribution in [2.75, 3.05) is 5.75 Å². The molecule has 0 fully saturated rings. The van der Waals surface area contributed by atoms with Gasteiger partial charge in [0, 0.05) is 23.8 Å². The van der Waals surface area contributed by atoms with Crippen LogP contribution in [0, 0.1) is 5.82 Å². The van der Waals surface area contributed by atoms with Gasteiger partial charge in [-0.1, -0.05) is 17.2 Å². The number of halogens is 5. The Morgan fingerprint density at radius 3 is 2.44 bits per heavy atom. The Morgan fingerprint density at radius 1 is 1.26 bits per heavy atom. The van der Waals surface area contributed by atoms with Crippen LogP contribution in [0.4, 0.5) is 17.6 Å². The highest BCUT2D eigenvalue weighted by atomic mass is 35.5. The summed E-state index contributed by atoms with van der Waals surface area (Å²) in [5, 5.41) is 0.0692. The van der Waals surface area contributed by atoms with Crippen LogP contribution in [0.2, 0.25) is 5.02 Å². The fraction of sp³-hybridized carbons (Fsp3) is 0.294. The van der Waals surface area contributed by atoms with Crippen LogP contribution in [-0.4, -0.2) is 14.9 Å². The van der Waals surface area contributed by atoms with Gasteiger partial charge in [0.15, 0.2) is 0 Å². The molecule has 0 saturated carbocycles. The highest BCUT2D eigenvalue weighted by Gasteiger charge is 2.35. The topological polar surface area (TPSA) is 44.0 Å². The molecule has 1 heterocycles. The number of benzene rings is 1. The SMILES string of the molecule is C=C(C)CCSc1cc(-n2c(=O)cc(C(F)(F)F)n(C)c2=O)c(F)cc1Cl. The summed E-state index contributed by atoms with van der Waals surface area (Å²) in [6, 6.07) is 2.35. The van der Waals surface area contributed by atoms with Crippen LogP contribution >= 0.6 is 23.4 Å². The van der Waals surface area contributed by atoms with Crippen molar-refractivity contribution < 1.29 is 17.6 Å². The molecule has 10 heteroatoms. The van der Waals surface area contributed by atoms with Crippen molar-refractivity contribution in [2.24, 2.45) is 7.05 Å². The summed E-state index contributed by atoms with van der Waals surface area (Å²) in [6.07, 6.45) is -4.23. The Morgan fingerprint density at radius 2 is 1.89 bits per heavy atom. The van der Waals surface area contributed by atoms with E-state index in [1.54, 1.807) is 0 Å². The minimum atomic E-state index is -4.89. The van der Waals surface area contributed by atoms with Gasteiger partial charge in [-0.15, -0.1) is 18.3 Å². The van der Waals surface area contributed by atoms with E-state index in [2.05, 4.69) is 6.58 Å². The van der Waals surface area contributed by atoms with E-state index >= 15 is 0 Å². The van der Waals surface area contributed by atoms with E-state index in [0.717, 1.165) is 18.7 Å². The first-order valence-corrected chi connectivity index (χ1v) is 8.96. The summed E-state index contributed by atoms with van der Waals surface area (Å²) < 4.78 is 53.8. The van der Waals surface area contributed by atoms with Crippen LogP contribution in [0.5, 0.6) is 0 Å². The standard InChI is InChI=1S/C17H15ClF4N2O2S/c1-9(2)4-5-27-13-7-12(11(19)6-10(13)18)24-15(25)8-14(17(20,21)22)23(3)16(24)26/h6-8H,1,4-5H2,2-3H3. The zero-order valence-corrected chi connectivity index (χ0v) is 15.9. The average Bonchev–Trinajstić information content (AvgIpc) is 2.53. The van der Waals surface area contributed by atoms with E-state index in [0.29, 0.717) is 21.6 Å². The predicted molar refractivity (Wildman–Crippen MR) is 97.4 cm³/mol. The molecule has 0 saturated heterocycles. The fourth-order valence-corrected chi connectivity index (χ4v) is 3.63. The summed E-state index contributed by atoms with van der Waals surface area (Å²) in [4.78, 5) is 24.9. The molecule has 1 aromatic carbocycles. The summed E-state index contributed by atoms with van der Waals surface area (Å²) in [5.41, 5.74) is -3.55. The van der Waals surface area contributed by atoms with Crippen molar-refractivity contribution in [3.63, 3.8) is 0 Å². The predicted octanol–water partition coefficient (Wildman–Crippen LogP) is 4.41. The van der Waals surface area contributed by atoms with Gasteiger partial charge in [0.1, 0.15) is 11.5 Å². The molecule has 27 heavy (non-hydrogen) atoms. The molecule has 0 atom stereocenters. The van der Waals surface area contributed by atoms with Crippen molar-refractivity contribution in [2.45, 2.75) is 24.4 Å². The molecule has 1 aromatic heterocycles. The largest absolute Gasteiger partial charge is 0.431 e. The first-order valence-electron chi connectivity index (χ1n) is 7.60. The van der Waals surface area contributed by atoms with Gasteiger partial charge in [-0.05, 0) is 25.5 Å². The molecule has 0 bridgehead atoms. The zero-order chi connectivity index (χ0) is 20.5. The van der Waals surface area contributed by atoms with E-state index in [-0.39, 0.29) is 15.7 Å². The molecular weight excluding hydrogens is 408 g/mol. The van der Waals surface area contributed by atoms with E-state index < -0.39 is 34.6 Å². The Bertz CT molecular complexity index is 1010. The number of hydrogen-bond donors (Lipinski definition) is 0. The smallest absolute Gasteiger partial charge is 0.292 e. The minimum Gasteiger partial charge on any atom is -0.292 e. The third kappa shape index (κ3) is 4.65. The quantitative estimate of drug-likeness (QED) is 0.407. The molecule has 4 nitrogen and oxygen atoms in total. The van der Waals surface area contributed by atoms with Gasteiger partial charge < -0.3 is 0 Å². The molecule has 0 aliphatic rings. The van der Waals surface area contributed by atoms with E-state index in [1.165, 1.54) is 17.8 Å². The van der Waals surface area contributed by atoms with Gasteiger partial charge >= 0.3 is 11.9 Å². The van der Waals surface area contributed by atoms with Crippen LogP contribution in [0.25, 0.3) is 5.69 Å². The van der Waals surface area contributed by atoms with Crippen LogP contribution in [-0.2, 0) is 13.2 Å². The van der Waals surface area contributed by atoms with Crippen molar-refractivity contribution in [3.05, 3.63) is 67.7 Å². The zero-order valence-electron chi connectivity index (χ0n) is 14.4. The second-order valence-electron chi connectivity index (χ2n) is 5.83. The maximum Gasteiger partial charge on any atom is 0.431 e. The van der Waals surface area contributed by atoms with Crippen LogP contribution < -0.4 is 11.2 Å². The maximum atomic E-state index is 14.4. The van der Waals surface area contributed by atoms with Crippen molar-refractivity contribution >= 4 is 23.4 Å². The number of alkyl halides is 3.